The van der Waals surface area contributed by atoms with Gasteiger partial charge < -0.3 is 15.2 Å². The van der Waals surface area contributed by atoms with Gasteiger partial charge in [-0.3, -0.25) is 4.79 Å². The monoisotopic (exact) mass is 261 g/mol. The van der Waals surface area contributed by atoms with E-state index in [0.29, 0.717) is 25.1 Å². The maximum absolute atomic E-state index is 11.9. The van der Waals surface area contributed by atoms with Crippen LogP contribution in [0, 0.1) is 18.8 Å². The fraction of sp³-hybridized carbons (Fsp3) is 0.400. The van der Waals surface area contributed by atoms with Crippen molar-refractivity contribution in [2.24, 2.45) is 0 Å². The van der Waals surface area contributed by atoms with Crippen molar-refractivity contribution in [2.45, 2.75) is 13.3 Å². The Morgan fingerprint density at radius 1 is 1.47 bits per heavy atom. The van der Waals surface area contributed by atoms with Gasteiger partial charge in [-0.05, 0) is 24.6 Å². The van der Waals surface area contributed by atoms with Gasteiger partial charge in [0.05, 0.1) is 13.2 Å². The van der Waals surface area contributed by atoms with Gasteiger partial charge in [0.2, 0.25) is 0 Å². The number of methoxy groups -OCH3 is 1. The van der Waals surface area contributed by atoms with Crippen LogP contribution in [0.3, 0.4) is 0 Å². The molecule has 0 aliphatic heterocycles. The third-order valence-electron chi connectivity index (χ3n) is 2.55. The van der Waals surface area contributed by atoms with E-state index in [1.807, 2.05) is 13.0 Å². The van der Waals surface area contributed by atoms with Crippen LogP contribution in [-0.4, -0.2) is 37.9 Å². The SMILES string of the molecule is COCCNC(=O)c1ccc(C)c(C#CCCO)c1. The Hall–Kier alpha value is -1.83. The fourth-order valence-corrected chi connectivity index (χ4v) is 1.48. The highest BCUT2D eigenvalue weighted by Gasteiger charge is 2.06. The molecule has 0 saturated heterocycles. The zero-order valence-electron chi connectivity index (χ0n) is 11.3. The van der Waals surface area contributed by atoms with E-state index in [1.54, 1.807) is 19.2 Å². The first-order valence-electron chi connectivity index (χ1n) is 6.16. The van der Waals surface area contributed by atoms with Gasteiger partial charge in [0.25, 0.3) is 5.91 Å². The van der Waals surface area contributed by atoms with Crippen LogP contribution in [0.2, 0.25) is 0 Å². The van der Waals surface area contributed by atoms with Crippen LogP contribution < -0.4 is 5.32 Å². The average Bonchev–Trinajstić information content (AvgIpc) is 2.41. The third-order valence-corrected chi connectivity index (χ3v) is 2.55. The molecule has 1 aromatic rings. The molecule has 0 aliphatic rings. The van der Waals surface area contributed by atoms with E-state index >= 15 is 0 Å². The second-order valence-corrected chi connectivity index (χ2v) is 4.05. The minimum atomic E-state index is -0.137. The Labute approximate surface area is 113 Å². The van der Waals surface area contributed by atoms with Gasteiger partial charge in [0.1, 0.15) is 0 Å². The number of aliphatic hydroxyl groups is 1. The molecule has 19 heavy (non-hydrogen) atoms. The quantitative estimate of drug-likeness (QED) is 0.616. The summed E-state index contributed by atoms with van der Waals surface area (Å²) in [4.78, 5) is 11.9. The summed E-state index contributed by atoms with van der Waals surface area (Å²) >= 11 is 0. The molecule has 0 spiro atoms. The van der Waals surface area contributed by atoms with Crippen molar-refractivity contribution in [3.05, 3.63) is 34.9 Å². The zero-order valence-corrected chi connectivity index (χ0v) is 11.3. The molecule has 0 fully saturated rings. The van der Waals surface area contributed by atoms with Crippen molar-refractivity contribution in [3.8, 4) is 11.8 Å². The van der Waals surface area contributed by atoms with Crippen LogP contribution in [0.5, 0.6) is 0 Å². The number of aryl methyl sites for hydroxylation is 1. The van der Waals surface area contributed by atoms with Crippen LogP contribution >= 0.6 is 0 Å². The number of amides is 1. The van der Waals surface area contributed by atoms with Crippen LogP contribution in [0.15, 0.2) is 18.2 Å². The summed E-state index contributed by atoms with van der Waals surface area (Å²) < 4.78 is 4.88. The molecular formula is C15H19NO3. The summed E-state index contributed by atoms with van der Waals surface area (Å²) in [7, 11) is 1.59. The van der Waals surface area contributed by atoms with Crippen LogP contribution in [0.4, 0.5) is 0 Å². The molecule has 0 heterocycles. The predicted molar refractivity (Wildman–Crippen MR) is 74.0 cm³/mol. The highest BCUT2D eigenvalue weighted by Crippen LogP contribution is 2.10. The Balaban J connectivity index is 2.78. The Kier molecular flexibility index (Phi) is 6.65. The lowest BCUT2D eigenvalue weighted by Crippen LogP contribution is -2.26. The molecule has 0 radical (unpaired) electrons. The standard InChI is InChI=1S/C15H19NO3/c1-12-6-7-14(15(18)16-8-10-19-2)11-13(12)5-3-4-9-17/h6-7,11,17H,4,8-10H2,1-2H3,(H,16,18). The predicted octanol–water partition coefficient (Wildman–Crippen LogP) is 1.11. The molecule has 2 N–H and O–H groups in total. The molecule has 102 valence electrons. The van der Waals surface area contributed by atoms with E-state index in [4.69, 9.17) is 9.84 Å². The summed E-state index contributed by atoms with van der Waals surface area (Å²) in [5, 5.41) is 11.5. The zero-order chi connectivity index (χ0) is 14.1. The Morgan fingerprint density at radius 2 is 2.26 bits per heavy atom. The lowest BCUT2D eigenvalue weighted by Gasteiger charge is -2.06. The first-order chi connectivity index (χ1) is 9.19. The summed E-state index contributed by atoms with van der Waals surface area (Å²) in [5.74, 6) is 5.68. The highest BCUT2D eigenvalue weighted by molar-refractivity contribution is 5.94. The van der Waals surface area contributed by atoms with Crippen molar-refractivity contribution < 1.29 is 14.6 Å². The number of hydrogen-bond donors (Lipinski definition) is 2. The van der Waals surface area contributed by atoms with Crippen molar-refractivity contribution in [1.29, 1.82) is 0 Å². The minimum absolute atomic E-state index is 0.0449. The van der Waals surface area contributed by atoms with Crippen LogP contribution in [0.25, 0.3) is 0 Å². The minimum Gasteiger partial charge on any atom is -0.395 e. The molecule has 4 nitrogen and oxygen atoms in total. The van der Waals surface area contributed by atoms with Crippen molar-refractivity contribution in [1.82, 2.24) is 5.32 Å². The molecule has 1 amide bonds. The number of rotatable bonds is 5. The molecule has 0 aliphatic carbocycles. The lowest BCUT2D eigenvalue weighted by molar-refractivity contribution is 0.0937. The molecule has 4 heteroatoms. The van der Waals surface area contributed by atoms with Crippen molar-refractivity contribution in [2.75, 3.05) is 26.9 Å². The topological polar surface area (TPSA) is 58.6 Å². The average molecular weight is 261 g/mol. The number of aliphatic hydroxyl groups excluding tert-OH is 1. The molecule has 0 aromatic heterocycles. The Morgan fingerprint density at radius 3 is 2.95 bits per heavy atom. The summed E-state index contributed by atoms with van der Waals surface area (Å²) in [6.07, 6.45) is 0.434. The highest BCUT2D eigenvalue weighted by atomic mass is 16.5. The largest absolute Gasteiger partial charge is 0.395 e. The van der Waals surface area contributed by atoms with Gasteiger partial charge in [0, 0.05) is 31.2 Å². The lowest BCUT2D eigenvalue weighted by atomic mass is 10.0. The Bertz CT molecular complexity index is 486. The summed E-state index contributed by atoms with van der Waals surface area (Å²) in [6, 6.07) is 5.41. The number of nitrogens with one attached hydrogen (secondary N) is 1. The van der Waals surface area contributed by atoms with E-state index in [0.717, 1.165) is 11.1 Å². The van der Waals surface area contributed by atoms with Gasteiger partial charge in [-0.15, -0.1) is 0 Å². The van der Waals surface area contributed by atoms with E-state index in [1.165, 1.54) is 0 Å². The fourth-order valence-electron chi connectivity index (χ4n) is 1.48. The maximum Gasteiger partial charge on any atom is 0.251 e. The number of benzene rings is 1. The van der Waals surface area contributed by atoms with Crippen LogP contribution in [0.1, 0.15) is 27.9 Å². The van der Waals surface area contributed by atoms with E-state index < -0.39 is 0 Å². The van der Waals surface area contributed by atoms with Gasteiger partial charge >= 0.3 is 0 Å². The molecule has 0 unspecified atom stereocenters. The van der Waals surface area contributed by atoms with Gasteiger partial charge in [-0.2, -0.15) is 0 Å². The maximum atomic E-state index is 11.9. The molecule has 0 atom stereocenters. The van der Waals surface area contributed by atoms with E-state index in [9.17, 15) is 4.79 Å². The number of carbonyl (C=O) groups is 1. The normalized spacial score (nSPS) is 9.63. The number of ether oxygens (including phenoxy) is 1. The van der Waals surface area contributed by atoms with E-state index in [2.05, 4.69) is 17.2 Å². The van der Waals surface area contributed by atoms with Gasteiger partial charge in [0.15, 0.2) is 0 Å². The second-order valence-electron chi connectivity index (χ2n) is 4.05. The molecule has 0 bridgehead atoms. The number of carbonyl (C=O) groups excluding carboxylic acids is 1. The molecule has 0 saturated carbocycles. The molecular weight excluding hydrogens is 242 g/mol. The van der Waals surface area contributed by atoms with Crippen molar-refractivity contribution in [3.63, 3.8) is 0 Å². The van der Waals surface area contributed by atoms with Gasteiger partial charge in [-0.25, -0.2) is 0 Å². The third kappa shape index (κ3) is 5.12. The molecule has 1 aromatic carbocycles. The summed E-state index contributed by atoms with van der Waals surface area (Å²) in [6.45, 7) is 2.95. The number of hydrogen-bond acceptors (Lipinski definition) is 3. The smallest absolute Gasteiger partial charge is 0.251 e. The first kappa shape index (κ1) is 15.2. The summed E-state index contributed by atoms with van der Waals surface area (Å²) in [5.41, 5.74) is 2.40. The van der Waals surface area contributed by atoms with E-state index in [-0.39, 0.29) is 12.5 Å². The second kappa shape index (κ2) is 8.30. The van der Waals surface area contributed by atoms with Crippen molar-refractivity contribution >= 4 is 5.91 Å². The molecule has 1 rings (SSSR count). The van der Waals surface area contributed by atoms with Crippen LogP contribution in [-0.2, 0) is 4.74 Å². The first-order valence-corrected chi connectivity index (χ1v) is 6.16. The van der Waals surface area contributed by atoms with Gasteiger partial charge in [-0.1, -0.05) is 17.9 Å².